The van der Waals surface area contributed by atoms with E-state index in [0.717, 1.165) is 6.04 Å². The normalized spacial score (nSPS) is 18.9. The zero-order chi connectivity index (χ0) is 8.10. The van der Waals surface area contributed by atoms with E-state index in [4.69, 9.17) is 0 Å². The van der Waals surface area contributed by atoms with Crippen LogP contribution in [-0.2, 0) is 0 Å². The Morgan fingerprint density at radius 3 is 2.15 bits per heavy atom. The molecule has 3 heteroatoms. The molecule has 1 aliphatic heterocycles. The van der Waals surface area contributed by atoms with E-state index in [0.29, 0.717) is 0 Å². The van der Waals surface area contributed by atoms with E-state index in [1.165, 1.54) is 45.2 Å². The monoisotopic (exact) mass is 191 g/mol. The van der Waals surface area contributed by atoms with E-state index >= 15 is 0 Å². The molecule has 0 saturated carbocycles. The smallest absolute Gasteiger partial charge is 0.00669 e. The van der Waals surface area contributed by atoms with Gasteiger partial charge in [-0.1, -0.05) is 19.8 Å². The molecule has 1 unspecified atom stereocenters. The fourth-order valence-electron chi connectivity index (χ4n) is 1.86. The van der Waals surface area contributed by atoms with Crippen molar-refractivity contribution in [2.75, 3.05) is 13.1 Å². The van der Waals surface area contributed by atoms with Crippen LogP contribution in [0, 0.1) is 0 Å². The van der Waals surface area contributed by atoms with Crippen LogP contribution in [-0.4, -0.2) is 35.0 Å². The van der Waals surface area contributed by atoms with Crippen LogP contribution < -0.4 is 0 Å². The van der Waals surface area contributed by atoms with Crippen LogP contribution in [0.15, 0.2) is 0 Å². The number of rotatable bonds is 4. The minimum atomic E-state index is 0. The number of hydrogen-bond donors (Lipinski definition) is 0. The molecule has 0 spiro atoms. The fraction of sp³-hybridized carbons (Fsp3) is 1.00. The van der Waals surface area contributed by atoms with Gasteiger partial charge in [-0.3, -0.25) is 0 Å². The highest BCUT2D eigenvalue weighted by Gasteiger charge is 2.16. The summed E-state index contributed by atoms with van der Waals surface area (Å²) in [6, 6.07) is 0.845. The highest BCUT2D eigenvalue weighted by Crippen LogP contribution is 2.15. The van der Waals surface area contributed by atoms with Crippen LogP contribution in [0.25, 0.3) is 0 Å². The Hall–Kier alpha value is -0.120. The molecule has 1 atom stereocenters. The van der Waals surface area contributed by atoms with E-state index in [1.807, 2.05) is 0 Å². The van der Waals surface area contributed by atoms with Crippen molar-refractivity contribution in [2.45, 2.75) is 52.0 Å². The van der Waals surface area contributed by atoms with Gasteiger partial charge in [0.25, 0.3) is 0 Å². The number of hydrogen-bond acceptors (Lipinski definition) is 1. The Labute approximate surface area is 81.7 Å². The maximum Gasteiger partial charge on any atom is 0.00669 e. The first-order valence-electron chi connectivity index (χ1n) is 5.08. The molecule has 0 amide bonds. The molecule has 0 aliphatic carbocycles. The van der Waals surface area contributed by atoms with Gasteiger partial charge >= 0.3 is 0 Å². The quantitative estimate of drug-likeness (QED) is 0.654. The molecule has 3 nitrogen and oxygen atoms in total. The van der Waals surface area contributed by atoms with Gasteiger partial charge in [-0.05, 0) is 39.3 Å². The van der Waals surface area contributed by atoms with Gasteiger partial charge in [0.2, 0.25) is 0 Å². The number of nitrogens with zero attached hydrogens (tertiary/aromatic N) is 1. The van der Waals surface area contributed by atoms with E-state index in [-0.39, 0.29) is 11.0 Å². The summed E-state index contributed by atoms with van der Waals surface area (Å²) in [4.78, 5) is 2.63. The third-order valence-electron chi connectivity index (χ3n) is 2.74. The summed E-state index contributed by atoms with van der Waals surface area (Å²) in [7, 11) is 0. The predicted molar refractivity (Wildman–Crippen MR) is 57.0 cm³/mol. The highest BCUT2D eigenvalue weighted by molar-refractivity contribution is 4.72. The summed E-state index contributed by atoms with van der Waals surface area (Å²) < 4.78 is 0. The van der Waals surface area contributed by atoms with Gasteiger partial charge in [0, 0.05) is 6.04 Å². The molecular weight excluding hydrogens is 166 g/mol. The maximum absolute atomic E-state index is 2.63. The molecule has 0 aromatic carbocycles. The van der Waals surface area contributed by atoms with Gasteiger partial charge in [0.15, 0.2) is 0 Å². The molecule has 1 rings (SSSR count). The SMILES string of the molecule is CCCCC(C)N1CCCC1.O.O. The van der Waals surface area contributed by atoms with Crippen molar-refractivity contribution < 1.29 is 11.0 Å². The fourth-order valence-corrected chi connectivity index (χ4v) is 1.86. The Morgan fingerprint density at radius 2 is 1.69 bits per heavy atom. The second-order valence-electron chi connectivity index (χ2n) is 3.73. The molecule has 1 saturated heterocycles. The van der Waals surface area contributed by atoms with Crippen LogP contribution in [0.4, 0.5) is 0 Å². The molecule has 1 fully saturated rings. The number of likely N-dealkylation sites (tertiary alicyclic amines) is 1. The van der Waals surface area contributed by atoms with E-state index in [1.54, 1.807) is 0 Å². The van der Waals surface area contributed by atoms with Crippen molar-refractivity contribution in [3.8, 4) is 0 Å². The Balaban J connectivity index is 0. The van der Waals surface area contributed by atoms with Gasteiger partial charge < -0.3 is 15.9 Å². The first-order valence-corrected chi connectivity index (χ1v) is 5.08. The molecule has 0 radical (unpaired) electrons. The van der Waals surface area contributed by atoms with Gasteiger partial charge in [0.1, 0.15) is 0 Å². The zero-order valence-electron chi connectivity index (χ0n) is 8.97. The average Bonchev–Trinajstić information content (AvgIpc) is 2.52. The lowest BCUT2D eigenvalue weighted by molar-refractivity contribution is 0.243. The summed E-state index contributed by atoms with van der Waals surface area (Å²) in [5, 5.41) is 0. The molecule has 0 bridgehead atoms. The molecule has 0 aromatic rings. The van der Waals surface area contributed by atoms with Crippen LogP contribution >= 0.6 is 0 Å². The van der Waals surface area contributed by atoms with Crippen molar-refractivity contribution in [1.82, 2.24) is 4.90 Å². The minimum absolute atomic E-state index is 0. The summed E-state index contributed by atoms with van der Waals surface area (Å²) in [5.74, 6) is 0. The van der Waals surface area contributed by atoms with Crippen LogP contribution in [0.5, 0.6) is 0 Å². The first-order chi connectivity index (χ1) is 5.34. The topological polar surface area (TPSA) is 66.2 Å². The van der Waals surface area contributed by atoms with E-state index in [9.17, 15) is 0 Å². The van der Waals surface area contributed by atoms with Crippen LogP contribution in [0.2, 0.25) is 0 Å². The summed E-state index contributed by atoms with van der Waals surface area (Å²) in [5.41, 5.74) is 0. The van der Waals surface area contributed by atoms with Crippen LogP contribution in [0.1, 0.15) is 46.0 Å². The molecular formula is C10H25NO2. The minimum Gasteiger partial charge on any atom is -0.412 e. The largest absolute Gasteiger partial charge is 0.412 e. The number of unbranched alkanes of at least 4 members (excludes halogenated alkanes) is 1. The predicted octanol–water partition coefficient (Wildman–Crippen LogP) is 1.01. The maximum atomic E-state index is 2.63. The van der Waals surface area contributed by atoms with Crippen molar-refractivity contribution >= 4 is 0 Å². The standard InChI is InChI=1S/C10H21N.2H2O/c1-3-4-7-10(2)11-8-5-6-9-11;;/h10H,3-9H2,1-2H3;2*1H2. The van der Waals surface area contributed by atoms with Crippen molar-refractivity contribution in [3.05, 3.63) is 0 Å². The van der Waals surface area contributed by atoms with E-state index in [2.05, 4.69) is 18.7 Å². The Morgan fingerprint density at radius 1 is 1.15 bits per heavy atom. The summed E-state index contributed by atoms with van der Waals surface area (Å²) in [6.45, 7) is 7.35. The molecule has 82 valence electrons. The van der Waals surface area contributed by atoms with Gasteiger partial charge in [-0.25, -0.2) is 0 Å². The second kappa shape index (κ2) is 8.48. The molecule has 1 aliphatic rings. The van der Waals surface area contributed by atoms with Gasteiger partial charge in [-0.2, -0.15) is 0 Å². The first kappa shape index (κ1) is 15.4. The van der Waals surface area contributed by atoms with Crippen molar-refractivity contribution in [1.29, 1.82) is 0 Å². The van der Waals surface area contributed by atoms with E-state index < -0.39 is 0 Å². The Kier molecular flexibility index (Phi) is 10.0. The second-order valence-corrected chi connectivity index (χ2v) is 3.73. The summed E-state index contributed by atoms with van der Waals surface area (Å²) >= 11 is 0. The van der Waals surface area contributed by atoms with Gasteiger partial charge in [0.05, 0.1) is 0 Å². The zero-order valence-corrected chi connectivity index (χ0v) is 8.97. The highest BCUT2D eigenvalue weighted by atomic mass is 16.0. The summed E-state index contributed by atoms with van der Waals surface area (Å²) in [6.07, 6.45) is 7.00. The lowest BCUT2D eigenvalue weighted by Gasteiger charge is -2.23. The lowest BCUT2D eigenvalue weighted by atomic mass is 10.1. The third kappa shape index (κ3) is 5.24. The van der Waals surface area contributed by atoms with Crippen molar-refractivity contribution in [2.24, 2.45) is 0 Å². The van der Waals surface area contributed by atoms with Crippen molar-refractivity contribution in [3.63, 3.8) is 0 Å². The molecule has 13 heavy (non-hydrogen) atoms. The molecule has 0 aromatic heterocycles. The average molecular weight is 191 g/mol. The Bertz CT molecular complexity index is 103. The third-order valence-corrected chi connectivity index (χ3v) is 2.74. The van der Waals surface area contributed by atoms with Crippen LogP contribution in [0.3, 0.4) is 0 Å². The van der Waals surface area contributed by atoms with Gasteiger partial charge in [-0.15, -0.1) is 0 Å². The lowest BCUT2D eigenvalue weighted by Crippen LogP contribution is -2.29. The molecule has 4 N–H and O–H groups in total. The molecule has 1 heterocycles.